The molecule has 1 aromatic heterocycles. The van der Waals surface area contributed by atoms with Crippen LogP contribution in [-0.2, 0) is 27.5 Å². The van der Waals surface area contributed by atoms with Crippen LogP contribution in [0.4, 0.5) is 26.3 Å². The van der Waals surface area contributed by atoms with Crippen molar-refractivity contribution in [2.45, 2.75) is 24.3 Å². The normalized spacial score (nSPS) is 12.2. The molecule has 1 aromatic rings. The quantitative estimate of drug-likeness (QED) is 0.444. The third-order valence-corrected chi connectivity index (χ3v) is 2.87. The van der Waals surface area contributed by atoms with Gasteiger partial charge in [0.15, 0.2) is 5.75 Å². The van der Waals surface area contributed by atoms with Crippen LogP contribution >= 0.6 is 15.9 Å². The molecule has 0 spiro atoms. The fourth-order valence-corrected chi connectivity index (χ4v) is 1.77. The van der Waals surface area contributed by atoms with Gasteiger partial charge in [-0.05, 0) is 6.07 Å². The molecule has 0 atom stereocenters. The minimum atomic E-state index is -5.37. The zero-order chi connectivity index (χ0) is 17.1. The molecule has 4 nitrogen and oxygen atoms in total. The average molecular weight is 396 g/mol. The summed E-state index contributed by atoms with van der Waals surface area (Å²) < 4.78 is 83.5. The van der Waals surface area contributed by atoms with E-state index in [-0.39, 0.29) is 11.0 Å². The number of carbonyl (C=O) groups excluding carboxylic acids is 1. The number of alkyl halides is 7. The molecule has 0 saturated heterocycles. The molecule has 0 aliphatic rings. The Balaban J connectivity index is 3.52. The number of hydrogen-bond acceptors (Lipinski definition) is 4. The number of methoxy groups -OCH3 is 1. The second-order valence-corrected chi connectivity index (χ2v) is 4.43. The third kappa shape index (κ3) is 5.04. The highest BCUT2D eigenvalue weighted by Crippen LogP contribution is 2.40. The number of ether oxygens (including phenoxy) is 2. The molecule has 0 unspecified atom stereocenters. The number of rotatable bonds is 4. The van der Waals surface area contributed by atoms with E-state index in [9.17, 15) is 31.1 Å². The molecule has 0 aliphatic heterocycles. The minimum Gasteiger partial charge on any atom is -0.469 e. The van der Waals surface area contributed by atoms with E-state index < -0.39 is 41.9 Å². The molecule has 0 bridgehead atoms. The van der Waals surface area contributed by atoms with Gasteiger partial charge < -0.3 is 9.47 Å². The Kier molecular flexibility index (Phi) is 5.65. The molecule has 0 aromatic carbocycles. The first-order valence-corrected chi connectivity index (χ1v) is 6.58. The fraction of sp³-hybridized carbons (Fsp3) is 0.455. The molecular formula is C11H8BrF6NO3. The van der Waals surface area contributed by atoms with E-state index in [1.807, 2.05) is 0 Å². The maximum atomic E-state index is 12.9. The van der Waals surface area contributed by atoms with Crippen molar-refractivity contribution in [3.05, 3.63) is 23.0 Å². The van der Waals surface area contributed by atoms with Crippen molar-refractivity contribution in [1.29, 1.82) is 0 Å². The second kappa shape index (κ2) is 6.71. The average Bonchev–Trinajstić information content (AvgIpc) is 2.37. The summed E-state index contributed by atoms with van der Waals surface area (Å²) in [7, 11) is 0.936. The van der Waals surface area contributed by atoms with E-state index in [0.29, 0.717) is 6.07 Å². The molecular weight excluding hydrogens is 388 g/mol. The lowest BCUT2D eigenvalue weighted by Crippen LogP contribution is -2.23. The number of aromatic nitrogens is 1. The van der Waals surface area contributed by atoms with Gasteiger partial charge in [0.2, 0.25) is 0 Å². The van der Waals surface area contributed by atoms with Crippen LogP contribution in [0, 0.1) is 0 Å². The monoisotopic (exact) mass is 395 g/mol. The Morgan fingerprint density at radius 2 is 1.86 bits per heavy atom. The first-order chi connectivity index (χ1) is 9.97. The van der Waals surface area contributed by atoms with E-state index >= 15 is 0 Å². The van der Waals surface area contributed by atoms with Crippen molar-refractivity contribution in [2.24, 2.45) is 0 Å². The Morgan fingerprint density at radius 1 is 1.27 bits per heavy atom. The molecule has 1 rings (SSSR count). The maximum Gasteiger partial charge on any atom is 0.573 e. The SMILES string of the molecule is COC(=O)Cc1nc(CBr)cc(C(F)(F)F)c1OC(F)(F)F. The number of carbonyl (C=O) groups is 1. The summed E-state index contributed by atoms with van der Waals surface area (Å²) in [6, 6.07) is 0.413. The van der Waals surface area contributed by atoms with E-state index in [4.69, 9.17) is 0 Å². The standard InChI is InChI=1S/C11H8BrF6NO3/c1-21-8(20)3-7-9(22-11(16,17)18)6(10(13,14)15)2-5(4-12)19-7/h2H,3-4H2,1H3. The zero-order valence-corrected chi connectivity index (χ0v) is 12.4. The molecule has 22 heavy (non-hydrogen) atoms. The topological polar surface area (TPSA) is 48.4 Å². The lowest BCUT2D eigenvalue weighted by molar-refractivity contribution is -0.276. The number of esters is 1. The van der Waals surface area contributed by atoms with Gasteiger partial charge >= 0.3 is 18.5 Å². The van der Waals surface area contributed by atoms with Gasteiger partial charge in [-0.2, -0.15) is 13.2 Å². The summed E-state index contributed by atoms with van der Waals surface area (Å²) in [5.74, 6) is -2.62. The Bertz CT molecular complexity index is 558. The molecule has 11 heteroatoms. The van der Waals surface area contributed by atoms with Gasteiger partial charge in [0.05, 0.1) is 24.9 Å². The van der Waals surface area contributed by atoms with Crippen molar-refractivity contribution >= 4 is 21.9 Å². The summed E-state index contributed by atoms with van der Waals surface area (Å²) in [6.45, 7) is 0. The molecule has 0 radical (unpaired) electrons. The van der Waals surface area contributed by atoms with Gasteiger partial charge in [0.25, 0.3) is 0 Å². The smallest absolute Gasteiger partial charge is 0.469 e. The van der Waals surface area contributed by atoms with Crippen molar-refractivity contribution in [1.82, 2.24) is 4.98 Å². The van der Waals surface area contributed by atoms with Crippen molar-refractivity contribution in [3.8, 4) is 5.75 Å². The third-order valence-electron chi connectivity index (χ3n) is 2.30. The molecule has 0 N–H and O–H groups in total. The molecule has 1 heterocycles. The van der Waals surface area contributed by atoms with E-state index in [1.54, 1.807) is 0 Å². The van der Waals surface area contributed by atoms with Gasteiger partial charge in [-0.25, -0.2) is 0 Å². The first-order valence-electron chi connectivity index (χ1n) is 5.46. The molecule has 0 aliphatic carbocycles. The van der Waals surface area contributed by atoms with Crippen LogP contribution in [0.3, 0.4) is 0 Å². The number of nitrogens with zero attached hydrogens (tertiary/aromatic N) is 1. The molecule has 0 amide bonds. The molecule has 0 fully saturated rings. The van der Waals surface area contributed by atoms with E-state index in [0.717, 1.165) is 7.11 Å². The predicted octanol–water partition coefficient (Wildman–Crippen LogP) is 3.61. The minimum absolute atomic E-state index is 0.156. The Morgan fingerprint density at radius 3 is 2.27 bits per heavy atom. The molecule has 0 saturated carbocycles. The van der Waals surface area contributed by atoms with Crippen LogP contribution < -0.4 is 4.74 Å². The molecule has 124 valence electrons. The lowest BCUT2D eigenvalue weighted by atomic mass is 10.1. The highest BCUT2D eigenvalue weighted by Gasteiger charge is 2.41. The van der Waals surface area contributed by atoms with Crippen molar-refractivity contribution in [2.75, 3.05) is 7.11 Å². The summed E-state index contributed by atoms with van der Waals surface area (Å²) in [4.78, 5) is 14.7. The van der Waals surface area contributed by atoms with Crippen molar-refractivity contribution in [3.63, 3.8) is 0 Å². The number of hydrogen-bond donors (Lipinski definition) is 0. The number of pyridine rings is 1. The summed E-state index contributed by atoms with van der Waals surface area (Å²) >= 11 is 2.85. The van der Waals surface area contributed by atoms with E-state index in [1.165, 1.54) is 0 Å². The fourth-order valence-electron chi connectivity index (χ4n) is 1.48. The lowest BCUT2D eigenvalue weighted by Gasteiger charge is -2.18. The first kappa shape index (κ1) is 18.5. The van der Waals surface area contributed by atoms with Crippen LogP contribution in [0.5, 0.6) is 5.75 Å². The zero-order valence-electron chi connectivity index (χ0n) is 10.8. The summed E-state index contributed by atoms with van der Waals surface area (Å²) in [5.41, 5.74) is -2.69. The van der Waals surface area contributed by atoms with Gasteiger partial charge in [-0.15, -0.1) is 13.2 Å². The van der Waals surface area contributed by atoms with Gasteiger partial charge in [0.1, 0.15) is 5.56 Å². The van der Waals surface area contributed by atoms with Crippen LogP contribution in [-0.4, -0.2) is 24.4 Å². The van der Waals surface area contributed by atoms with Gasteiger partial charge in [-0.1, -0.05) is 15.9 Å². The maximum absolute atomic E-state index is 12.9. The van der Waals surface area contributed by atoms with Crippen LogP contribution in [0.15, 0.2) is 6.07 Å². The Labute approximate surface area is 128 Å². The Hall–Kier alpha value is -1.52. The number of halogens is 7. The van der Waals surface area contributed by atoms with E-state index in [2.05, 4.69) is 30.4 Å². The summed E-state index contributed by atoms with van der Waals surface area (Å²) in [5, 5.41) is -0.156. The predicted molar refractivity (Wildman–Crippen MR) is 64.3 cm³/mol. The second-order valence-electron chi connectivity index (χ2n) is 3.87. The van der Waals surface area contributed by atoms with Crippen LogP contribution in [0.1, 0.15) is 17.0 Å². The van der Waals surface area contributed by atoms with Crippen molar-refractivity contribution < 1.29 is 40.6 Å². The van der Waals surface area contributed by atoms with Crippen LogP contribution in [0.2, 0.25) is 0 Å². The van der Waals surface area contributed by atoms with Gasteiger partial charge in [-0.3, -0.25) is 9.78 Å². The highest BCUT2D eigenvalue weighted by molar-refractivity contribution is 9.08. The summed E-state index contributed by atoms with van der Waals surface area (Å²) in [6.07, 6.45) is -11.4. The highest BCUT2D eigenvalue weighted by atomic mass is 79.9. The van der Waals surface area contributed by atoms with Gasteiger partial charge in [0, 0.05) is 5.33 Å². The van der Waals surface area contributed by atoms with Crippen LogP contribution in [0.25, 0.3) is 0 Å². The largest absolute Gasteiger partial charge is 0.573 e.